The second-order valence-electron chi connectivity index (χ2n) is 7.50. The molecule has 0 atom stereocenters. The van der Waals surface area contributed by atoms with Crippen LogP contribution in [0.1, 0.15) is 43.7 Å². The van der Waals surface area contributed by atoms with Crippen LogP contribution >= 0.6 is 0 Å². The molecule has 0 aliphatic heterocycles. The summed E-state index contributed by atoms with van der Waals surface area (Å²) >= 11 is 0. The van der Waals surface area contributed by atoms with E-state index in [0.29, 0.717) is 18.8 Å². The summed E-state index contributed by atoms with van der Waals surface area (Å²) in [5.74, 6) is -11.3. The van der Waals surface area contributed by atoms with Crippen LogP contribution in [0.15, 0.2) is 42.2 Å². The van der Waals surface area contributed by atoms with Gasteiger partial charge in [-0.05, 0) is 56.2 Å². The quantitative estimate of drug-likeness (QED) is 0.479. The average Bonchev–Trinajstić information content (AvgIpc) is 2.61. The van der Waals surface area contributed by atoms with Crippen LogP contribution in [0.3, 0.4) is 0 Å². The van der Waals surface area contributed by atoms with E-state index in [1.54, 1.807) is 19.1 Å². The molecule has 2 aliphatic rings. The van der Waals surface area contributed by atoms with Crippen LogP contribution < -0.4 is 0 Å². The van der Waals surface area contributed by atoms with Crippen LogP contribution in [0, 0.1) is 18.8 Å². The summed E-state index contributed by atoms with van der Waals surface area (Å²) in [4.78, 5) is 12.2. The summed E-state index contributed by atoms with van der Waals surface area (Å²) in [5.41, 5.74) is 0.0455. The highest BCUT2D eigenvalue weighted by Gasteiger charge is 2.64. The highest BCUT2D eigenvalue weighted by atomic mass is 19.3. The lowest BCUT2D eigenvalue weighted by Gasteiger charge is -2.33. The van der Waals surface area contributed by atoms with Crippen LogP contribution in [-0.4, -0.2) is 17.8 Å². The molecule has 1 fully saturated rings. The summed E-state index contributed by atoms with van der Waals surface area (Å²) in [6.45, 7) is 3.83. The van der Waals surface area contributed by atoms with E-state index in [2.05, 4.69) is 6.92 Å². The van der Waals surface area contributed by atoms with Crippen molar-refractivity contribution < 1.29 is 27.1 Å². The van der Waals surface area contributed by atoms with Gasteiger partial charge in [-0.15, -0.1) is 0 Å². The Labute approximate surface area is 155 Å². The van der Waals surface area contributed by atoms with Crippen molar-refractivity contribution in [3.63, 3.8) is 0 Å². The number of hydrogen-bond donors (Lipinski definition) is 0. The lowest BCUT2D eigenvalue weighted by molar-refractivity contribution is -0.182. The summed E-state index contributed by atoms with van der Waals surface area (Å²) in [6, 6.07) is 5.90. The Balaban J connectivity index is 1.85. The van der Waals surface area contributed by atoms with Crippen molar-refractivity contribution in [2.24, 2.45) is 11.8 Å². The Bertz CT molecular complexity index is 770. The van der Waals surface area contributed by atoms with Crippen molar-refractivity contribution >= 4 is 11.5 Å². The third-order valence-corrected chi connectivity index (χ3v) is 5.37. The molecule has 0 amide bonds. The number of carbonyl (C=O) groups excluding carboxylic acids is 1. The fourth-order valence-electron chi connectivity index (χ4n) is 3.49. The van der Waals surface area contributed by atoms with E-state index in [9.17, 15) is 22.4 Å². The lowest BCUT2D eigenvalue weighted by atomic mass is 9.83. The normalized spacial score (nSPS) is 26.7. The van der Waals surface area contributed by atoms with E-state index >= 15 is 0 Å². The van der Waals surface area contributed by atoms with E-state index < -0.39 is 35.1 Å². The Morgan fingerprint density at radius 1 is 0.963 bits per heavy atom. The van der Waals surface area contributed by atoms with Crippen molar-refractivity contribution in [2.45, 2.75) is 51.4 Å². The number of allylic oxidation sites excluding steroid dienone is 4. The molecule has 0 saturated heterocycles. The molecule has 0 radical (unpaired) electrons. The number of halogens is 4. The Morgan fingerprint density at radius 2 is 1.56 bits per heavy atom. The van der Waals surface area contributed by atoms with Crippen molar-refractivity contribution in [1.29, 1.82) is 0 Å². The molecular formula is C21H22F4O2. The van der Waals surface area contributed by atoms with Crippen molar-refractivity contribution in [3.8, 4) is 0 Å². The minimum atomic E-state index is -4.60. The number of aryl methyl sites for hydroxylation is 1. The first-order valence-electron chi connectivity index (χ1n) is 9.10. The van der Waals surface area contributed by atoms with Crippen LogP contribution in [-0.2, 0) is 9.53 Å². The Kier molecular flexibility index (Phi) is 5.19. The van der Waals surface area contributed by atoms with Gasteiger partial charge in [0.1, 0.15) is 0 Å². The number of carbonyl (C=O) groups is 1. The highest BCUT2D eigenvalue weighted by Crippen LogP contribution is 2.51. The lowest BCUT2D eigenvalue weighted by Crippen LogP contribution is -2.46. The molecule has 0 spiro atoms. The Hall–Kier alpha value is -2.11. The van der Waals surface area contributed by atoms with Crippen LogP contribution in [0.5, 0.6) is 0 Å². The number of alkyl halides is 4. The summed E-state index contributed by atoms with van der Waals surface area (Å²) in [5, 5.41) is 0. The number of ether oxygens (including phenoxy) is 1. The third-order valence-electron chi connectivity index (χ3n) is 5.37. The molecule has 146 valence electrons. The molecule has 1 aromatic carbocycles. The molecular weight excluding hydrogens is 360 g/mol. The van der Waals surface area contributed by atoms with Crippen molar-refractivity contribution in [3.05, 3.63) is 53.3 Å². The second kappa shape index (κ2) is 7.13. The standard InChI is InChI=1S/C21H22F4O2/c1-13-3-7-15(8-4-13)17-11-12-18(21(24,25)20(17,22)23)27-19(26)16-9-5-14(2)6-10-16/h3-4,7-8,11-12,14,16H,5-6,9-10H2,1-2H3. The van der Waals surface area contributed by atoms with Crippen LogP contribution in [0.4, 0.5) is 17.6 Å². The van der Waals surface area contributed by atoms with Crippen LogP contribution in [0.2, 0.25) is 0 Å². The average molecular weight is 382 g/mol. The molecule has 0 unspecified atom stereocenters. The molecule has 6 heteroatoms. The smallest absolute Gasteiger partial charge is 0.371 e. The van der Waals surface area contributed by atoms with Crippen LogP contribution in [0.25, 0.3) is 5.57 Å². The molecule has 1 aromatic rings. The molecule has 0 N–H and O–H groups in total. The highest BCUT2D eigenvalue weighted by molar-refractivity contribution is 5.78. The molecule has 2 nitrogen and oxygen atoms in total. The maximum absolute atomic E-state index is 14.6. The van der Waals surface area contributed by atoms with Crippen molar-refractivity contribution in [1.82, 2.24) is 0 Å². The number of benzene rings is 1. The van der Waals surface area contributed by atoms with E-state index in [1.807, 2.05) is 0 Å². The zero-order chi connectivity index (χ0) is 19.8. The first-order chi connectivity index (χ1) is 12.6. The molecule has 27 heavy (non-hydrogen) atoms. The van der Waals surface area contributed by atoms with E-state index in [-0.39, 0.29) is 5.56 Å². The summed E-state index contributed by atoms with van der Waals surface area (Å²) in [6.07, 6.45) is 4.34. The third kappa shape index (κ3) is 3.66. The molecule has 0 aromatic heterocycles. The van der Waals surface area contributed by atoms with Gasteiger partial charge in [-0.3, -0.25) is 4.79 Å². The SMILES string of the molecule is Cc1ccc(C2=CC=C(OC(=O)C3CCC(C)CC3)C(F)(F)C2(F)F)cc1. The molecule has 2 aliphatic carbocycles. The number of rotatable bonds is 3. The number of hydrogen-bond acceptors (Lipinski definition) is 2. The molecule has 3 rings (SSSR count). The molecule has 0 bridgehead atoms. The van der Waals surface area contributed by atoms with Gasteiger partial charge < -0.3 is 4.74 Å². The minimum absolute atomic E-state index is 0.00756. The zero-order valence-corrected chi connectivity index (χ0v) is 15.3. The van der Waals surface area contributed by atoms with E-state index in [4.69, 9.17) is 4.74 Å². The second-order valence-corrected chi connectivity index (χ2v) is 7.50. The van der Waals surface area contributed by atoms with E-state index in [1.165, 1.54) is 12.1 Å². The maximum atomic E-state index is 14.6. The monoisotopic (exact) mass is 382 g/mol. The van der Waals surface area contributed by atoms with Gasteiger partial charge in [-0.25, -0.2) is 0 Å². The summed E-state index contributed by atoms with van der Waals surface area (Å²) in [7, 11) is 0. The number of esters is 1. The van der Waals surface area contributed by atoms with Gasteiger partial charge in [0.2, 0.25) is 0 Å². The fraction of sp³-hybridized carbons (Fsp3) is 0.476. The first-order valence-corrected chi connectivity index (χ1v) is 9.10. The van der Waals surface area contributed by atoms with Gasteiger partial charge in [0.15, 0.2) is 5.76 Å². The van der Waals surface area contributed by atoms with Gasteiger partial charge in [0, 0.05) is 5.57 Å². The van der Waals surface area contributed by atoms with Gasteiger partial charge in [0.05, 0.1) is 5.92 Å². The summed E-state index contributed by atoms with van der Waals surface area (Å²) < 4.78 is 63.0. The largest absolute Gasteiger partial charge is 0.424 e. The predicted molar refractivity (Wildman–Crippen MR) is 94.3 cm³/mol. The maximum Gasteiger partial charge on any atom is 0.371 e. The molecule has 1 saturated carbocycles. The van der Waals surface area contributed by atoms with Gasteiger partial charge in [0.25, 0.3) is 0 Å². The van der Waals surface area contributed by atoms with Gasteiger partial charge >= 0.3 is 17.8 Å². The topological polar surface area (TPSA) is 26.3 Å². The first kappa shape index (κ1) is 19.6. The fourth-order valence-corrected chi connectivity index (χ4v) is 3.49. The molecule has 0 heterocycles. The predicted octanol–water partition coefficient (Wildman–Crippen LogP) is 5.92. The zero-order valence-electron chi connectivity index (χ0n) is 15.3. The van der Waals surface area contributed by atoms with Gasteiger partial charge in [-0.2, -0.15) is 17.6 Å². The minimum Gasteiger partial charge on any atom is -0.424 e. The van der Waals surface area contributed by atoms with E-state index in [0.717, 1.165) is 30.6 Å². The Morgan fingerprint density at radius 3 is 2.15 bits per heavy atom. The van der Waals surface area contributed by atoms with Gasteiger partial charge in [-0.1, -0.05) is 36.8 Å². The van der Waals surface area contributed by atoms with Crippen molar-refractivity contribution in [2.75, 3.05) is 0 Å².